The fraction of sp³-hybridized carbons (Fsp3) is 0.0870. The molecule has 0 bridgehead atoms. The van der Waals surface area contributed by atoms with Crippen LogP contribution in [-0.4, -0.2) is 19.9 Å². The molecule has 31 heavy (non-hydrogen) atoms. The van der Waals surface area contributed by atoms with Gasteiger partial charge in [-0.15, -0.1) is 0 Å². The second kappa shape index (κ2) is 9.26. The van der Waals surface area contributed by atoms with Crippen LogP contribution in [-0.2, 0) is 16.3 Å². The van der Waals surface area contributed by atoms with E-state index in [1.54, 1.807) is 36.4 Å². The van der Waals surface area contributed by atoms with Gasteiger partial charge in [0, 0.05) is 21.6 Å². The molecule has 0 saturated carbocycles. The Kier molecular flexibility index (Phi) is 6.46. The van der Waals surface area contributed by atoms with E-state index in [1.165, 1.54) is 12.1 Å². The van der Waals surface area contributed by atoms with Gasteiger partial charge in [0.1, 0.15) is 0 Å². The summed E-state index contributed by atoms with van der Waals surface area (Å²) in [5.74, 6) is 0.318. The van der Waals surface area contributed by atoms with Crippen molar-refractivity contribution in [3.8, 4) is 11.5 Å². The van der Waals surface area contributed by atoms with E-state index in [0.717, 1.165) is 10.0 Å². The number of nitrogens with zero attached hydrogens (tertiary/aromatic N) is 1. The number of benzene rings is 3. The van der Waals surface area contributed by atoms with E-state index in [9.17, 15) is 8.42 Å². The van der Waals surface area contributed by atoms with Crippen LogP contribution in [0.2, 0.25) is 5.02 Å². The Morgan fingerprint density at radius 2 is 1.61 bits per heavy atom. The average molecular weight is 518 g/mol. The third-order valence-corrected chi connectivity index (χ3v) is 7.07. The number of hydrogen-bond donors (Lipinski definition) is 1. The number of sulfone groups is 1. The molecule has 0 radical (unpaired) electrons. The van der Waals surface area contributed by atoms with Gasteiger partial charge in [-0.2, -0.15) is 4.98 Å². The number of halogens is 2. The van der Waals surface area contributed by atoms with Crippen LogP contribution in [0.1, 0.15) is 5.56 Å². The minimum Gasteiger partial charge on any atom is -0.419 e. The van der Waals surface area contributed by atoms with Crippen molar-refractivity contribution >= 4 is 43.3 Å². The Balaban J connectivity index is 1.69. The lowest BCUT2D eigenvalue weighted by atomic mass is 10.1. The monoisotopic (exact) mass is 516 g/mol. The van der Waals surface area contributed by atoms with E-state index in [0.29, 0.717) is 23.6 Å². The lowest BCUT2D eigenvalue weighted by molar-refractivity contribution is 0.577. The van der Waals surface area contributed by atoms with E-state index in [4.69, 9.17) is 16.0 Å². The van der Waals surface area contributed by atoms with Crippen molar-refractivity contribution in [2.45, 2.75) is 16.3 Å². The SMILES string of the molecule is O=S(=O)(c1ccc(Br)cc1)c1nc(-c2ccc(Cl)cc2)oc1NCCc1ccccc1. The maximum atomic E-state index is 13.3. The summed E-state index contributed by atoms with van der Waals surface area (Å²) in [7, 11) is -3.89. The van der Waals surface area contributed by atoms with E-state index in [1.807, 2.05) is 30.3 Å². The standard InChI is InChI=1S/C23H18BrClN2O3S/c24-18-8-12-20(13-9-18)31(28,29)23-22(26-15-14-16-4-2-1-3-5-16)30-21(27-23)17-6-10-19(25)11-7-17/h1-13,26H,14-15H2. The topological polar surface area (TPSA) is 72.2 Å². The molecule has 1 heterocycles. The van der Waals surface area contributed by atoms with E-state index in [-0.39, 0.29) is 21.7 Å². The second-order valence-electron chi connectivity index (χ2n) is 6.78. The third-order valence-electron chi connectivity index (χ3n) is 4.61. The van der Waals surface area contributed by atoms with Crippen molar-refractivity contribution in [3.63, 3.8) is 0 Å². The van der Waals surface area contributed by atoms with Crippen molar-refractivity contribution in [3.05, 3.63) is 93.9 Å². The maximum Gasteiger partial charge on any atom is 0.233 e. The fourth-order valence-corrected chi connectivity index (χ4v) is 4.68. The molecule has 5 nitrogen and oxygen atoms in total. The van der Waals surface area contributed by atoms with Gasteiger partial charge in [0.05, 0.1) is 4.90 Å². The first-order valence-electron chi connectivity index (χ1n) is 9.49. The van der Waals surface area contributed by atoms with Gasteiger partial charge in [0.2, 0.25) is 26.6 Å². The molecule has 0 unspecified atom stereocenters. The maximum absolute atomic E-state index is 13.3. The summed E-state index contributed by atoms with van der Waals surface area (Å²) in [4.78, 5) is 4.47. The summed E-state index contributed by atoms with van der Waals surface area (Å²) in [6.07, 6.45) is 0.704. The van der Waals surface area contributed by atoms with Gasteiger partial charge in [-0.1, -0.05) is 57.9 Å². The zero-order valence-corrected chi connectivity index (χ0v) is 19.4. The number of oxazole rings is 1. The van der Waals surface area contributed by atoms with Gasteiger partial charge in [-0.3, -0.25) is 0 Å². The minimum atomic E-state index is -3.89. The Morgan fingerprint density at radius 1 is 0.935 bits per heavy atom. The largest absolute Gasteiger partial charge is 0.419 e. The highest BCUT2D eigenvalue weighted by Gasteiger charge is 2.28. The van der Waals surface area contributed by atoms with Crippen LogP contribution in [0.15, 0.2) is 97.7 Å². The molecule has 0 aliphatic carbocycles. The van der Waals surface area contributed by atoms with Crippen molar-refractivity contribution in [2.24, 2.45) is 0 Å². The van der Waals surface area contributed by atoms with Crippen LogP contribution in [0.25, 0.3) is 11.5 Å². The number of aromatic nitrogens is 1. The van der Waals surface area contributed by atoms with Crippen LogP contribution < -0.4 is 5.32 Å². The predicted molar refractivity (Wildman–Crippen MR) is 125 cm³/mol. The average Bonchev–Trinajstić information content (AvgIpc) is 3.20. The summed E-state index contributed by atoms with van der Waals surface area (Å²) >= 11 is 9.29. The number of rotatable bonds is 7. The Hall–Kier alpha value is -2.61. The molecule has 1 aromatic heterocycles. The molecule has 8 heteroatoms. The lowest BCUT2D eigenvalue weighted by Crippen LogP contribution is -2.09. The highest BCUT2D eigenvalue weighted by atomic mass is 79.9. The van der Waals surface area contributed by atoms with Gasteiger partial charge in [-0.25, -0.2) is 8.42 Å². The second-order valence-corrected chi connectivity index (χ2v) is 10.00. The molecule has 3 aromatic carbocycles. The lowest BCUT2D eigenvalue weighted by Gasteiger charge is -2.06. The number of hydrogen-bond acceptors (Lipinski definition) is 5. The van der Waals surface area contributed by atoms with E-state index in [2.05, 4.69) is 26.2 Å². The predicted octanol–water partition coefficient (Wildman–Crippen LogP) is 6.24. The molecule has 4 aromatic rings. The van der Waals surface area contributed by atoms with Gasteiger partial charge < -0.3 is 9.73 Å². The molecule has 0 amide bonds. The molecule has 0 spiro atoms. The highest BCUT2D eigenvalue weighted by molar-refractivity contribution is 9.10. The minimum absolute atomic E-state index is 0.115. The van der Waals surface area contributed by atoms with Crippen molar-refractivity contribution in [1.29, 1.82) is 0 Å². The van der Waals surface area contributed by atoms with E-state index < -0.39 is 9.84 Å². The third kappa shape index (κ3) is 5.01. The zero-order chi connectivity index (χ0) is 21.8. The molecular weight excluding hydrogens is 500 g/mol. The first-order chi connectivity index (χ1) is 14.9. The van der Waals surface area contributed by atoms with Gasteiger partial charge >= 0.3 is 0 Å². The van der Waals surface area contributed by atoms with Gasteiger partial charge in [-0.05, 0) is 60.5 Å². The van der Waals surface area contributed by atoms with Crippen LogP contribution in [0, 0.1) is 0 Å². The smallest absolute Gasteiger partial charge is 0.233 e. The van der Waals surface area contributed by atoms with Crippen LogP contribution in [0.5, 0.6) is 0 Å². The molecule has 0 fully saturated rings. The zero-order valence-electron chi connectivity index (χ0n) is 16.3. The fourth-order valence-electron chi connectivity index (χ4n) is 3.01. The Morgan fingerprint density at radius 3 is 2.29 bits per heavy atom. The first-order valence-corrected chi connectivity index (χ1v) is 12.1. The van der Waals surface area contributed by atoms with Crippen LogP contribution >= 0.6 is 27.5 Å². The summed E-state index contributed by atoms with van der Waals surface area (Å²) in [5, 5.41) is 3.53. The molecular formula is C23H18BrClN2O3S. The molecule has 0 atom stereocenters. The molecule has 0 aliphatic heterocycles. The van der Waals surface area contributed by atoms with Gasteiger partial charge in [0.15, 0.2) is 0 Å². The number of anilines is 1. The quantitative estimate of drug-likeness (QED) is 0.314. The summed E-state index contributed by atoms with van der Waals surface area (Å²) in [6.45, 7) is 0.488. The summed E-state index contributed by atoms with van der Waals surface area (Å²) in [5.41, 5.74) is 1.76. The highest BCUT2D eigenvalue weighted by Crippen LogP contribution is 2.33. The normalized spacial score (nSPS) is 11.4. The Labute approximate surface area is 194 Å². The number of nitrogens with one attached hydrogen (secondary N) is 1. The van der Waals surface area contributed by atoms with Gasteiger partial charge in [0.25, 0.3) is 0 Å². The van der Waals surface area contributed by atoms with E-state index >= 15 is 0 Å². The molecule has 0 saturated heterocycles. The Bertz CT molecular complexity index is 1270. The van der Waals surface area contributed by atoms with Crippen molar-refractivity contribution in [1.82, 2.24) is 4.98 Å². The van der Waals surface area contributed by atoms with Crippen molar-refractivity contribution < 1.29 is 12.8 Å². The molecule has 1 N–H and O–H groups in total. The first kappa shape index (κ1) is 21.6. The van der Waals surface area contributed by atoms with Crippen molar-refractivity contribution in [2.75, 3.05) is 11.9 Å². The molecule has 0 aliphatic rings. The molecule has 4 rings (SSSR count). The summed E-state index contributed by atoms with van der Waals surface area (Å²) in [6, 6.07) is 23.2. The van der Waals surface area contributed by atoms with Crippen LogP contribution in [0.4, 0.5) is 5.88 Å². The molecule has 158 valence electrons. The van der Waals surface area contributed by atoms with Crippen LogP contribution in [0.3, 0.4) is 0 Å². The summed E-state index contributed by atoms with van der Waals surface area (Å²) < 4.78 is 33.2.